The molecule has 0 bridgehead atoms. The summed E-state index contributed by atoms with van der Waals surface area (Å²) in [5.41, 5.74) is 5.19. The first-order chi connectivity index (χ1) is 18.2. The normalized spacial score (nSPS) is 23.0. The number of benzene rings is 3. The maximum atomic E-state index is 15.6. The largest absolute Gasteiger partial charge is 0.478 e. The molecule has 1 aliphatic rings. The summed E-state index contributed by atoms with van der Waals surface area (Å²) < 4.78 is 31.2. The highest BCUT2D eigenvalue weighted by Crippen LogP contribution is 2.50. The molecule has 0 radical (unpaired) electrons. The number of para-hydroxylation sites is 1. The third kappa shape index (κ3) is 5.65. The van der Waals surface area contributed by atoms with Crippen LogP contribution in [-0.2, 0) is 10.3 Å². The van der Waals surface area contributed by atoms with E-state index in [0.29, 0.717) is 6.42 Å². The van der Waals surface area contributed by atoms with Crippen molar-refractivity contribution in [3.63, 3.8) is 0 Å². The second kappa shape index (κ2) is 10.8. The Hall–Kier alpha value is -3.04. The predicted molar refractivity (Wildman–Crippen MR) is 148 cm³/mol. The van der Waals surface area contributed by atoms with Gasteiger partial charge in [-0.1, -0.05) is 74.3 Å². The summed E-state index contributed by atoms with van der Waals surface area (Å²) in [5.74, 6) is -4.51. The summed E-state index contributed by atoms with van der Waals surface area (Å²) in [6, 6.07) is 12.5. The molecule has 3 aromatic rings. The van der Waals surface area contributed by atoms with E-state index >= 15 is 8.78 Å². The van der Waals surface area contributed by atoms with Gasteiger partial charge in [0.25, 0.3) is 0 Å². The molecule has 0 unspecified atom stereocenters. The zero-order chi connectivity index (χ0) is 28.7. The lowest BCUT2D eigenvalue weighted by molar-refractivity contribution is -0.118. The number of halogens is 4. The molecule has 6 nitrogen and oxygen atoms in total. The van der Waals surface area contributed by atoms with Gasteiger partial charge in [0.2, 0.25) is 5.91 Å². The molecule has 0 aliphatic carbocycles. The second-order valence-electron chi connectivity index (χ2n) is 11.0. The van der Waals surface area contributed by atoms with Crippen molar-refractivity contribution in [2.45, 2.75) is 50.7 Å². The Morgan fingerprint density at radius 1 is 1.08 bits per heavy atom. The van der Waals surface area contributed by atoms with Gasteiger partial charge in [0.15, 0.2) is 0 Å². The number of anilines is 1. The number of amides is 1. The quantitative estimate of drug-likeness (QED) is 0.275. The minimum absolute atomic E-state index is 0.0231. The Kier molecular flexibility index (Phi) is 8.06. The molecule has 1 aliphatic heterocycles. The first-order valence-electron chi connectivity index (χ1n) is 12.3. The molecule has 39 heavy (non-hydrogen) atoms. The molecule has 4 atom stereocenters. The van der Waals surface area contributed by atoms with Gasteiger partial charge in [-0.15, -0.1) is 0 Å². The Bertz CT molecular complexity index is 1430. The lowest BCUT2D eigenvalue weighted by Gasteiger charge is -2.40. The fourth-order valence-corrected chi connectivity index (χ4v) is 5.73. The van der Waals surface area contributed by atoms with Crippen LogP contribution in [0.3, 0.4) is 0 Å². The average Bonchev–Trinajstić information content (AvgIpc) is 3.12. The maximum Gasteiger partial charge on any atom is 0.337 e. The van der Waals surface area contributed by atoms with Crippen LogP contribution >= 0.6 is 23.2 Å². The summed E-state index contributed by atoms with van der Waals surface area (Å²) in [6.45, 7) is 5.91. The third-order valence-electron chi connectivity index (χ3n) is 7.03. The lowest BCUT2D eigenvalue weighted by atomic mass is 9.68. The molecule has 5 N–H and O–H groups in total. The maximum absolute atomic E-state index is 15.6. The number of nitrogens with two attached hydrogens (primary N) is 1. The van der Waals surface area contributed by atoms with Crippen molar-refractivity contribution < 1.29 is 23.5 Å². The van der Waals surface area contributed by atoms with Crippen molar-refractivity contribution in [2.75, 3.05) is 5.32 Å². The highest BCUT2D eigenvalue weighted by Gasteiger charge is 2.58. The molecule has 10 heteroatoms. The fraction of sp³-hybridized carbons (Fsp3) is 0.310. The average molecular weight is 576 g/mol. The van der Waals surface area contributed by atoms with E-state index in [1.54, 1.807) is 6.07 Å². The Morgan fingerprint density at radius 3 is 2.41 bits per heavy atom. The molecule has 1 heterocycles. The Balaban J connectivity index is 1.93. The minimum Gasteiger partial charge on any atom is -0.478 e. The third-order valence-corrected chi connectivity index (χ3v) is 7.56. The van der Waals surface area contributed by atoms with Crippen LogP contribution in [0.5, 0.6) is 0 Å². The smallest absolute Gasteiger partial charge is 0.337 e. The van der Waals surface area contributed by atoms with Crippen LogP contribution in [0.4, 0.5) is 14.5 Å². The van der Waals surface area contributed by atoms with E-state index in [0.717, 1.165) is 6.07 Å². The highest BCUT2D eigenvalue weighted by atomic mass is 35.5. The van der Waals surface area contributed by atoms with E-state index < -0.39 is 47.1 Å². The molecule has 0 saturated carbocycles. The van der Waals surface area contributed by atoms with Crippen molar-refractivity contribution in [3.05, 3.63) is 99.0 Å². The van der Waals surface area contributed by atoms with Gasteiger partial charge >= 0.3 is 5.97 Å². The molecule has 3 aromatic carbocycles. The molecular formula is C29H29Cl2F2N3O3. The van der Waals surface area contributed by atoms with Crippen molar-refractivity contribution in [2.24, 2.45) is 11.1 Å². The number of carboxylic acids is 1. The van der Waals surface area contributed by atoms with Gasteiger partial charge in [0, 0.05) is 22.5 Å². The van der Waals surface area contributed by atoms with Crippen LogP contribution in [0.1, 0.15) is 54.6 Å². The van der Waals surface area contributed by atoms with E-state index in [-0.39, 0.29) is 37.8 Å². The number of nitrogens with one attached hydrogen (secondary N) is 2. The zero-order valence-corrected chi connectivity index (χ0v) is 23.1. The topological polar surface area (TPSA) is 104 Å². The molecule has 4 rings (SSSR count). The lowest BCUT2D eigenvalue weighted by Crippen LogP contribution is -2.52. The van der Waals surface area contributed by atoms with Crippen molar-refractivity contribution in [3.8, 4) is 0 Å². The van der Waals surface area contributed by atoms with Crippen LogP contribution in [-0.4, -0.2) is 29.1 Å². The van der Waals surface area contributed by atoms with E-state index in [9.17, 15) is 14.7 Å². The van der Waals surface area contributed by atoms with Crippen LogP contribution in [0.15, 0.2) is 60.7 Å². The van der Waals surface area contributed by atoms with Gasteiger partial charge in [-0.2, -0.15) is 0 Å². The number of carbonyl (C=O) groups excluding carboxylic acids is 1. The summed E-state index contributed by atoms with van der Waals surface area (Å²) >= 11 is 12.2. The summed E-state index contributed by atoms with van der Waals surface area (Å²) in [4.78, 5) is 25.6. The van der Waals surface area contributed by atoms with Gasteiger partial charge < -0.3 is 21.5 Å². The summed E-state index contributed by atoms with van der Waals surface area (Å²) in [7, 11) is 0. The molecule has 1 saturated heterocycles. The number of hydrogen-bond acceptors (Lipinski definition) is 4. The van der Waals surface area contributed by atoms with Gasteiger partial charge in [-0.05, 0) is 47.7 Å². The van der Waals surface area contributed by atoms with Gasteiger partial charge in [0.1, 0.15) is 11.6 Å². The van der Waals surface area contributed by atoms with E-state index in [4.69, 9.17) is 28.9 Å². The standard InChI is InChI=1S/C29H29Cl2F2N3O3/c1-28(2,3)14-22-29(34,18-12-11-15(30)13-20(18)32)23(17-8-6-9-19(31)24(17)33)25(36-22)26(37)35-21-10-5-4-7-16(21)27(38)39/h4-13,22-23,25,36H,14,34H2,1-3H3,(H,35,37)(H,38,39)/t22-,23-,25+,29+/m0/s1. The number of aromatic carboxylic acids is 1. The van der Waals surface area contributed by atoms with Crippen LogP contribution in [0.2, 0.25) is 10.0 Å². The molecule has 206 valence electrons. The van der Waals surface area contributed by atoms with E-state index in [2.05, 4.69) is 10.6 Å². The van der Waals surface area contributed by atoms with Gasteiger partial charge in [0.05, 0.1) is 27.9 Å². The molecule has 0 aromatic heterocycles. The number of carbonyl (C=O) groups is 2. The number of hydrogen-bond donors (Lipinski definition) is 4. The van der Waals surface area contributed by atoms with Crippen LogP contribution in [0.25, 0.3) is 0 Å². The van der Waals surface area contributed by atoms with Crippen LogP contribution in [0, 0.1) is 17.0 Å². The second-order valence-corrected chi connectivity index (χ2v) is 11.8. The summed E-state index contributed by atoms with van der Waals surface area (Å²) in [6.07, 6.45) is 0.389. The SMILES string of the molecule is CC(C)(C)C[C@@H]1N[C@@H](C(=O)Nc2ccccc2C(=O)O)[C@H](c2cccc(Cl)c2F)[C@@]1(N)c1ccc(Cl)cc1F. The predicted octanol–water partition coefficient (Wildman–Crippen LogP) is 6.32. The molecule has 1 fully saturated rings. The zero-order valence-electron chi connectivity index (χ0n) is 21.6. The highest BCUT2D eigenvalue weighted by molar-refractivity contribution is 6.31. The molecular weight excluding hydrogens is 547 g/mol. The first kappa shape index (κ1) is 29.0. The van der Waals surface area contributed by atoms with E-state index in [1.165, 1.54) is 48.5 Å². The van der Waals surface area contributed by atoms with Gasteiger partial charge in [-0.25, -0.2) is 13.6 Å². The van der Waals surface area contributed by atoms with Crippen molar-refractivity contribution in [1.29, 1.82) is 0 Å². The molecule has 0 spiro atoms. The first-order valence-corrected chi connectivity index (χ1v) is 13.1. The minimum atomic E-state index is -1.64. The number of rotatable bonds is 6. The molecule has 1 amide bonds. The summed E-state index contributed by atoms with van der Waals surface area (Å²) in [5, 5.41) is 15.5. The van der Waals surface area contributed by atoms with Crippen molar-refractivity contribution >= 4 is 40.8 Å². The van der Waals surface area contributed by atoms with Crippen molar-refractivity contribution in [1.82, 2.24) is 5.32 Å². The fourth-order valence-electron chi connectivity index (χ4n) is 5.39. The Morgan fingerprint density at radius 2 is 1.77 bits per heavy atom. The van der Waals surface area contributed by atoms with E-state index in [1.807, 2.05) is 20.8 Å². The van der Waals surface area contributed by atoms with Gasteiger partial charge in [-0.3, -0.25) is 4.79 Å². The number of carboxylic acid groups (broad SMARTS) is 1. The van der Waals surface area contributed by atoms with Crippen LogP contribution < -0.4 is 16.4 Å². The monoisotopic (exact) mass is 575 g/mol. The Labute approximate surface area is 235 Å².